The van der Waals surface area contributed by atoms with Crippen molar-refractivity contribution in [2.45, 2.75) is 0 Å². The van der Waals surface area contributed by atoms with Crippen LogP contribution in [0.2, 0.25) is 5.02 Å². The molecule has 0 aliphatic rings. The van der Waals surface area contributed by atoms with E-state index < -0.39 is 0 Å². The summed E-state index contributed by atoms with van der Waals surface area (Å²) in [5.41, 5.74) is 6.28. The van der Waals surface area contributed by atoms with Crippen LogP contribution >= 0.6 is 22.9 Å². The van der Waals surface area contributed by atoms with Gasteiger partial charge in [0, 0.05) is 5.39 Å². The number of anilines is 1. The molecular weight excluding hydrogens is 204 g/mol. The van der Waals surface area contributed by atoms with Crippen molar-refractivity contribution in [3.05, 3.63) is 28.1 Å². The van der Waals surface area contributed by atoms with E-state index in [1.54, 1.807) is 6.07 Å². The standard InChI is InChI=1S/C9H5ClN2S/c10-6-3-1-2-5-8(12)7(4-11)13-9(5)6/h1-3H,12H2. The van der Waals surface area contributed by atoms with Gasteiger partial charge in [0.15, 0.2) is 0 Å². The second-order valence-electron chi connectivity index (χ2n) is 2.57. The Kier molecular flexibility index (Phi) is 1.87. The molecule has 4 heteroatoms. The summed E-state index contributed by atoms with van der Waals surface area (Å²) in [7, 11) is 0. The molecule has 1 heterocycles. The summed E-state index contributed by atoms with van der Waals surface area (Å²) in [6.07, 6.45) is 0. The number of benzene rings is 1. The Balaban J connectivity index is 2.94. The second kappa shape index (κ2) is 2.91. The number of nitrogens with zero attached hydrogens (tertiary/aromatic N) is 1. The molecule has 1 aromatic carbocycles. The van der Waals surface area contributed by atoms with Crippen molar-refractivity contribution in [1.29, 1.82) is 5.26 Å². The van der Waals surface area contributed by atoms with Gasteiger partial charge in [-0.05, 0) is 6.07 Å². The van der Waals surface area contributed by atoms with Crippen LogP contribution in [0, 0.1) is 11.3 Å². The number of halogens is 1. The highest BCUT2D eigenvalue weighted by Gasteiger charge is 2.10. The van der Waals surface area contributed by atoms with Crippen LogP contribution in [0.5, 0.6) is 0 Å². The van der Waals surface area contributed by atoms with E-state index in [0.29, 0.717) is 15.6 Å². The minimum Gasteiger partial charge on any atom is -0.396 e. The summed E-state index contributed by atoms with van der Waals surface area (Å²) >= 11 is 7.28. The first kappa shape index (κ1) is 8.36. The van der Waals surface area contributed by atoms with E-state index in [1.807, 2.05) is 18.2 Å². The van der Waals surface area contributed by atoms with Crippen LogP contribution < -0.4 is 5.73 Å². The van der Waals surface area contributed by atoms with Crippen LogP contribution in [-0.2, 0) is 0 Å². The van der Waals surface area contributed by atoms with Gasteiger partial charge in [0.2, 0.25) is 0 Å². The van der Waals surface area contributed by atoms with Gasteiger partial charge in [-0.1, -0.05) is 23.7 Å². The Bertz CT molecular complexity index is 510. The highest BCUT2D eigenvalue weighted by Crippen LogP contribution is 2.37. The predicted octanol–water partition coefficient (Wildman–Crippen LogP) is 3.01. The van der Waals surface area contributed by atoms with E-state index in [4.69, 9.17) is 22.6 Å². The van der Waals surface area contributed by atoms with Crippen LogP contribution in [-0.4, -0.2) is 0 Å². The van der Waals surface area contributed by atoms with Crippen molar-refractivity contribution in [3.8, 4) is 6.07 Å². The van der Waals surface area contributed by atoms with Crippen molar-refractivity contribution >= 4 is 38.7 Å². The van der Waals surface area contributed by atoms with Gasteiger partial charge in [-0.3, -0.25) is 0 Å². The molecule has 13 heavy (non-hydrogen) atoms. The molecule has 0 saturated carbocycles. The lowest BCUT2D eigenvalue weighted by Crippen LogP contribution is -1.83. The van der Waals surface area contributed by atoms with E-state index in [1.165, 1.54) is 11.3 Å². The first-order chi connectivity index (χ1) is 6.24. The number of rotatable bonds is 0. The van der Waals surface area contributed by atoms with Crippen LogP contribution in [0.4, 0.5) is 5.69 Å². The van der Waals surface area contributed by atoms with E-state index >= 15 is 0 Å². The lowest BCUT2D eigenvalue weighted by molar-refractivity contribution is 1.52. The highest BCUT2D eigenvalue weighted by atomic mass is 35.5. The van der Waals surface area contributed by atoms with Gasteiger partial charge in [-0.2, -0.15) is 5.26 Å². The number of nitrogen functional groups attached to an aromatic ring is 1. The predicted molar refractivity (Wildman–Crippen MR) is 56.0 cm³/mol. The lowest BCUT2D eigenvalue weighted by atomic mass is 10.2. The fourth-order valence-electron chi connectivity index (χ4n) is 1.19. The molecule has 0 bridgehead atoms. The van der Waals surface area contributed by atoms with E-state index in [2.05, 4.69) is 0 Å². The average molecular weight is 209 g/mol. The molecule has 0 amide bonds. The number of hydrogen-bond acceptors (Lipinski definition) is 3. The molecule has 1 aromatic heterocycles. The molecule has 64 valence electrons. The molecule has 0 radical (unpaired) electrons. The molecule has 0 aliphatic heterocycles. The summed E-state index contributed by atoms with van der Waals surface area (Å²) in [6.45, 7) is 0. The number of thiophene rings is 1. The summed E-state index contributed by atoms with van der Waals surface area (Å²) in [5.74, 6) is 0. The number of nitriles is 1. The van der Waals surface area contributed by atoms with Gasteiger partial charge in [-0.25, -0.2) is 0 Å². The zero-order chi connectivity index (χ0) is 9.42. The lowest BCUT2D eigenvalue weighted by Gasteiger charge is -1.91. The van der Waals surface area contributed by atoms with Crippen molar-refractivity contribution < 1.29 is 0 Å². The highest BCUT2D eigenvalue weighted by molar-refractivity contribution is 7.20. The Labute approximate surface area is 84.2 Å². The first-order valence-corrected chi connectivity index (χ1v) is 4.80. The number of fused-ring (bicyclic) bond motifs is 1. The van der Waals surface area contributed by atoms with E-state index in [0.717, 1.165) is 10.1 Å². The van der Waals surface area contributed by atoms with Gasteiger partial charge in [0.05, 0.1) is 15.4 Å². The van der Waals surface area contributed by atoms with Crippen LogP contribution in [0.25, 0.3) is 10.1 Å². The summed E-state index contributed by atoms with van der Waals surface area (Å²) in [5, 5.41) is 10.3. The van der Waals surface area contributed by atoms with Crippen molar-refractivity contribution in [1.82, 2.24) is 0 Å². The van der Waals surface area contributed by atoms with E-state index in [-0.39, 0.29) is 0 Å². The molecule has 0 unspecified atom stereocenters. The summed E-state index contributed by atoms with van der Waals surface area (Å²) in [6, 6.07) is 7.54. The molecule has 2 rings (SSSR count). The third-order valence-electron chi connectivity index (χ3n) is 1.81. The Morgan fingerprint density at radius 2 is 2.23 bits per heavy atom. The minimum atomic E-state index is 0.531. The average Bonchev–Trinajstić information content (AvgIpc) is 2.45. The molecule has 2 aromatic rings. The first-order valence-electron chi connectivity index (χ1n) is 3.60. The van der Waals surface area contributed by atoms with E-state index in [9.17, 15) is 0 Å². The molecule has 2 N–H and O–H groups in total. The van der Waals surface area contributed by atoms with Crippen LogP contribution in [0.3, 0.4) is 0 Å². The zero-order valence-electron chi connectivity index (χ0n) is 6.54. The maximum Gasteiger partial charge on any atom is 0.129 e. The SMILES string of the molecule is N#Cc1sc2c(Cl)cccc2c1N. The number of hydrogen-bond donors (Lipinski definition) is 1. The maximum atomic E-state index is 8.75. The van der Waals surface area contributed by atoms with Crippen molar-refractivity contribution in [2.75, 3.05) is 5.73 Å². The Morgan fingerprint density at radius 1 is 1.46 bits per heavy atom. The monoisotopic (exact) mass is 208 g/mol. The fourth-order valence-corrected chi connectivity index (χ4v) is 2.40. The maximum absolute atomic E-state index is 8.75. The smallest absolute Gasteiger partial charge is 0.129 e. The molecule has 0 fully saturated rings. The van der Waals surface area contributed by atoms with Gasteiger partial charge < -0.3 is 5.73 Å². The molecule has 2 nitrogen and oxygen atoms in total. The third-order valence-corrected chi connectivity index (χ3v) is 3.39. The molecule has 0 spiro atoms. The van der Waals surface area contributed by atoms with Crippen molar-refractivity contribution in [3.63, 3.8) is 0 Å². The summed E-state index contributed by atoms with van der Waals surface area (Å²) in [4.78, 5) is 0.531. The minimum absolute atomic E-state index is 0.531. The molecule has 0 atom stereocenters. The Hall–Kier alpha value is -1.24. The quantitative estimate of drug-likeness (QED) is 0.724. The largest absolute Gasteiger partial charge is 0.396 e. The van der Waals surface area contributed by atoms with Gasteiger partial charge in [0.25, 0.3) is 0 Å². The van der Waals surface area contributed by atoms with Crippen molar-refractivity contribution in [2.24, 2.45) is 0 Å². The van der Waals surface area contributed by atoms with Gasteiger partial charge >= 0.3 is 0 Å². The second-order valence-corrected chi connectivity index (χ2v) is 4.00. The summed E-state index contributed by atoms with van der Waals surface area (Å²) < 4.78 is 0.887. The third kappa shape index (κ3) is 1.15. The zero-order valence-corrected chi connectivity index (χ0v) is 8.12. The fraction of sp³-hybridized carbons (Fsp3) is 0. The van der Waals surface area contributed by atoms with Crippen LogP contribution in [0.15, 0.2) is 18.2 Å². The Morgan fingerprint density at radius 3 is 2.85 bits per heavy atom. The van der Waals surface area contributed by atoms with Crippen LogP contribution in [0.1, 0.15) is 4.88 Å². The van der Waals surface area contributed by atoms with Gasteiger partial charge in [0.1, 0.15) is 10.9 Å². The topological polar surface area (TPSA) is 49.8 Å². The molecule has 0 aliphatic carbocycles. The normalized spacial score (nSPS) is 10.2. The molecule has 0 saturated heterocycles. The molecular formula is C9H5ClN2S. The van der Waals surface area contributed by atoms with Gasteiger partial charge in [-0.15, -0.1) is 11.3 Å². The number of nitrogens with two attached hydrogens (primary N) is 1.